The molecule has 0 saturated heterocycles. The van der Waals surface area contributed by atoms with E-state index in [4.69, 9.17) is 0 Å². The van der Waals surface area contributed by atoms with Crippen molar-refractivity contribution in [1.82, 2.24) is 14.4 Å². The number of hydrogen-bond donors (Lipinski definition) is 0. The Bertz CT molecular complexity index is 1020. The molecule has 4 heteroatoms. The Morgan fingerprint density at radius 1 is 1.05 bits per heavy atom. The first-order valence-electron chi connectivity index (χ1n) is 6.35. The molecule has 0 aliphatic carbocycles. The Kier molecular flexibility index (Phi) is 2.07. The SMILES string of the molecule is Cc1ccc2cc(C#N)c3nc4ccccc4n3c2n1. The summed E-state index contributed by atoms with van der Waals surface area (Å²) in [6.45, 7) is 1.96. The third-order valence-corrected chi connectivity index (χ3v) is 3.48. The van der Waals surface area contributed by atoms with Crippen LogP contribution in [-0.4, -0.2) is 14.4 Å². The second-order valence-electron chi connectivity index (χ2n) is 4.79. The molecule has 0 atom stereocenters. The van der Waals surface area contributed by atoms with E-state index in [1.165, 1.54) is 0 Å². The predicted molar refractivity (Wildman–Crippen MR) is 77.5 cm³/mol. The van der Waals surface area contributed by atoms with Gasteiger partial charge in [-0.25, -0.2) is 9.97 Å². The zero-order valence-corrected chi connectivity index (χ0v) is 10.8. The van der Waals surface area contributed by atoms with Crippen LogP contribution in [0.3, 0.4) is 0 Å². The lowest BCUT2D eigenvalue weighted by Crippen LogP contribution is -1.95. The lowest BCUT2D eigenvalue weighted by molar-refractivity contribution is 1.16. The smallest absolute Gasteiger partial charge is 0.157 e. The van der Waals surface area contributed by atoms with Gasteiger partial charge in [0.25, 0.3) is 0 Å². The van der Waals surface area contributed by atoms with Crippen LogP contribution >= 0.6 is 0 Å². The molecule has 0 aliphatic rings. The molecule has 0 aliphatic heterocycles. The fourth-order valence-electron chi connectivity index (χ4n) is 2.57. The van der Waals surface area contributed by atoms with Gasteiger partial charge < -0.3 is 0 Å². The average Bonchev–Trinajstić information content (AvgIpc) is 2.86. The van der Waals surface area contributed by atoms with Crippen molar-refractivity contribution in [2.75, 3.05) is 0 Å². The van der Waals surface area contributed by atoms with Crippen molar-refractivity contribution in [3.63, 3.8) is 0 Å². The lowest BCUT2D eigenvalue weighted by Gasteiger charge is -2.04. The number of pyridine rings is 2. The maximum absolute atomic E-state index is 9.35. The lowest BCUT2D eigenvalue weighted by atomic mass is 10.2. The minimum absolute atomic E-state index is 0.569. The van der Waals surface area contributed by atoms with Crippen molar-refractivity contribution in [3.8, 4) is 6.07 Å². The molecule has 0 amide bonds. The van der Waals surface area contributed by atoms with Gasteiger partial charge in [-0.05, 0) is 37.3 Å². The van der Waals surface area contributed by atoms with Crippen molar-refractivity contribution in [2.24, 2.45) is 0 Å². The number of nitrogens with zero attached hydrogens (tertiary/aromatic N) is 4. The van der Waals surface area contributed by atoms with E-state index in [0.29, 0.717) is 11.2 Å². The van der Waals surface area contributed by atoms with E-state index in [1.54, 1.807) is 0 Å². The van der Waals surface area contributed by atoms with Crippen LogP contribution in [0.15, 0.2) is 42.5 Å². The van der Waals surface area contributed by atoms with Gasteiger partial charge in [-0.2, -0.15) is 5.26 Å². The Hall–Kier alpha value is -2.93. The summed E-state index contributed by atoms with van der Waals surface area (Å²) < 4.78 is 1.97. The number of aryl methyl sites for hydroxylation is 1. The number of aromatic nitrogens is 3. The van der Waals surface area contributed by atoms with Gasteiger partial charge in [0.2, 0.25) is 0 Å². The van der Waals surface area contributed by atoms with Crippen molar-refractivity contribution in [3.05, 3.63) is 53.7 Å². The summed E-state index contributed by atoms with van der Waals surface area (Å²) in [4.78, 5) is 9.18. The maximum Gasteiger partial charge on any atom is 0.157 e. The molecule has 4 nitrogen and oxygen atoms in total. The number of rotatable bonds is 0. The topological polar surface area (TPSA) is 54.0 Å². The largest absolute Gasteiger partial charge is 0.275 e. The van der Waals surface area contributed by atoms with E-state index in [2.05, 4.69) is 16.0 Å². The highest BCUT2D eigenvalue weighted by molar-refractivity contribution is 5.91. The molecular weight excluding hydrogens is 248 g/mol. The van der Waals surface area contributed by atoms with Crippen LogP contribution in [-0.2, 0) is 0 Å². The molecule has 0 spiro atoms. The summed E-state index contributed by atoms with van der Waals surface area (Å²) in [7, 11) is 0. The molecule has 0 radical (unpaired) electrons. The average molecular weight is 258 g/mol. The van der Waals surface area contributed by atoms with Gasteiger partial charge in [0.15, 0.2) is 5.65 Å². The third-order valence-electron chi connectivity index (χ3n) is 3.48. The van der Waals surface area contributed by atoms with Gasteiger partial charge in [-0.3, -0.25) is 4.40 Å². The van der Waals surface area contributed by atoms with Crippen LogP contribution in [0, 0.1) is 18.3 Å². The first-order valence-corrected chi connectivity index (χ1v) is 6.35. The number of para-hydroxylation sites is 2. The van der Waals surface area contributed by atoms with Gasteiger partial charge >= 0.3 is 0 Å². The van der Waals surface area contributed by atoms with Crippen LogP contribution in [0.1, 0.15) is 11.3 Å². The highest BCUT2D eigenvalue weighted by atomic mass is 15.1. The highest BCUT2D eigenvalue weighted by Crippen LogP contribution is 2.24. The molecule has 0 saturated carbocycles. The normalized spacial score (nSPS) is 11.2. The van der Waals surface area contributed by atoms with Gasteiger partial charge in [-0.1, -0.05) is 12.1 Å². The molecule has 94 valence electrons. The molecule has 4 aromatic rings. The van der Waals surface area contributed by atoms with Gasteiger partial charge in [0.1, 0.15) is 11.7 Å². The first-order chi connectivity index (χ1) is 9.78. The molecule has 0 bridgehead atoms. The summed E-state index contributed by atoms with van der Waals surface area (Å²) in [5.74, 6) is 0. The Morgan fingerprint density at radius 3 is 2.75 bits per heavy atom. The number of benzene rings is 1. The standard InChI is InChI=1S/C16H10N4/c1-10-6-7-11-8-12(9-17)16-19-13-4-2-3-5-14(13)20(16)15(11)18-10/h2-8H,1H3. The van der Waals surface area contributed by atoms with Crippen molar-refractivity contribution < 1.29 is 0 Å². The summed E-state index contributed by atoms with van der Waals surface area (Å²) in [5, 5.41) is 10.3. The molecule has 0 fully saturated rings. The quantitative estimate of drug-likeness (QED) is 0.486. The van der Waals surface area contributed by atoms with E-state index in [-0.39, 0.29) is 0 Å². The Labute approximate surface area is 114 Å². The van der Waals surface area contributed by atoms with Crippen LogP contribution < -0.4 is 0 Å². The first kappa shape index (κ1) is 10.9. The third kappa shape index (κ3) is 1.35. The molecule has 4 rings (SSSR count). The van der Waals surface area contributed by atoms with Crippen molar-refractivity contribution in [2.45, 2.75) is 6.92 Å². The van der Waals surface area contributed by atoms with E-state index in [0.717, 1.165) is 27.8 Å². The van der Waals surface area contributed by atoms with Crippen LogP contribution in [0.5, 0.6) is 0 Å². The number of nitriles is 1. The minimum atomic E-state index is 0.569. The van der Waals surface area contributed by atoms with Gasteiger partial charge in [-0.15, -0.1) is 0 Å². The molecule has 3 aromatic heterocycles. The van der Waals surface area contributed by atoms with E-state index < -0.39 is 0 Å². The molecule has 1 aromatic carbocycles. The summed E-state index contributed by atoms with van der Waals surface area (Å²) in [6, 6.07) is 15.9. The molecular formula is C16H10N4. The van der Waals surface area contributed by atoms with E-state index >= 15 is 0 Å². The molecule has 20 heavy (non-hydrogen) atoms. The Balaban J connectivity index is 2.39. The number of imidazole rings is 1. The zero-order valence-electron chi connectivity index (χ0n) is 10.8. The maximum atomic E-state index is 9.35. The zero-order chi connectivity index (χ0) is 13.7. The fraction of sp³-hybridized carbons (Fsp3) is 0.0625. The van der Waals surface area contributed by atoms with E-state index in [1.807, 2.05) is 53.8 Å². The molecule has 0 unspecified atom stereocenters. The van der Waals surface area contributed by atoms with Crippen molar-refractivity contribution >= 4 is 27.7 Å². The summed E-state index contributed by atoms with van der Waals surface area (Å²) in [6.07, 6.45) is 0. The molecule has 3 heterocycles. The fourth-order valence-corrected chi connectivity index (χ4v) is 2.57. The summed E-state index contributed by atoms with van der Waals surface area (Å²) >= 11 is 0. The van der Waals surface area contributed by atoms with Crippen molar-refractivity contribution in [1.29, 1.82) is 5.26 Å². The van der Waals surface area contributed by atoms with Gasteiger partial charge in [0.05, 0.1) is 16.6 Å². The van der Waals surface area contributed by atoms with Gasteiger partial charge in [0, 0.05) is 11.1 Å². The monoisotopic (exact) mass is 258 g/mol. The summed E-state index contributed by atoms with van der Waals surface area (Å²) in [5.41, 5.74) is 4.87. The second-order valence-corrected chi connectivity index (χ2v) is 4.79. The van der Waals surface area contributed by atoms with E-state index in [9.17, 15) is 5.26 Å². The minimum Gasteiger partial charge on any atom is -0.275 e. The highest BCUT2D eigenvalue weighted by Gasteiger charge is 2.12. The van der Waals surface area contributed by atoms with Crippen LogP contribution in [0.25, 0.3) is 27.7 Å². The number of hydrogen-bond acceptors (Lipinski definition) is 3. The van der Waals surface area contributed by atoms with Crippen LogP contribution in [0.2, 0.25) is 0 Å². The predicted octanol–water partition coefficient (Wildman–Crippen LogP) is 3.22. The second kappa shape index (κ2) is 3.78. The van der Waals surface area contributed by atoms with Crippen LogP contribution in [0.4, 0.5) is 0 Å². The molecule has 0 N–H and O–H groups in total. The Morgan fingerprint density at radius 2 is 1.90 bits per heavy atom. The number of fused-ring (bicyclic) bond motifs is 5.